The number of carbonyl (C=O) groups is 1. The van der Waals surface area contributed by atoms with Gasteiger partial charge in [-0.2, -0.15) is 18.3 Å². The summed E-state index contributed by atoms with van der Waals surface area (Å²) in [5.74, 6) is 0.734. The van der Waals surface area contributed by atoms with Crippen LogP contribution in [0.25, 0.3) is 22.2 Å². The summed E-state index contributed by atoms with van der Waals surface area (Å²) in [6.07, 6.45) is -0.961. The van der Waals surface area contributed by atoms with E-state index in [-0.39, 0.29) is 6.04 Å². The van der Waals surface area contributed by atoms with Crippen LogP contribution >= 0.6 is 0 Å². The van der Waals surface area contributed by atoms with Crippen LogP contribution in [0, 0.1) is 19.8 Å². The molecule has 2 fully saturated rings. The van der Waals surface area contributed by atoms with E-state index in [4.69, 9.17) is 10.1 Å². The molecule has 0 bridgehead atoms. The Hall–Kier alpha value is -3.73. The Kier molecular flexibility index (Phi) is 7.55. The summed E-state index contributed by atoms with van der Waals surface area (Å²) in [6.45, 7) is 8.91. The first-order chi connectivity index (χ1) is 20.0. The molecular weight excluding hydrogens is 543 g/mol. The van der Waals surface area contributed by atoms with Crippen molar-refractivity contribution in [2.75, 3.05) is 26.2 Å². The Bertz CT molecular complexity index is 1600. The molecule has 1 aromatic carbocycles. The number of H-pyrrole nitrogens is 1. The van der Waals surface area contributed by atoms with Gasteiger partial charge in [-0.1, -0.05) is 6.07 Å². The van der Waals surface area contributed by atoms with E-state index in [1.54, 1.807) is 6.20 Å². The highest BCUT2D eigenvalue weighted by Gasteiger charge is 2.35. The smallest absolute Gasteiger partial charge is 0.342 e. The largest absolute Gasteiger partial charge is 0.397 e. The fourth-order valence-corrected chi connectivity index (χ4v) is 6.02. The lowest BCUT2D eigenvalue weighted by molar-refractivity contribution is -0.162. The number of nitrogens with one attached hydrogen (secondary N) is 1. The molecule has 1 atom stereocenters. The number of nitrogens with zero attached hydrogens (tertiary/aromatic N) is 6. The summed E-state index contributed by atoms with van der Waals surface area (Å²) in [5, 5.41) is 4.81. The zero-order valence-electron chi connectivity index (χ0n) is 24.2. The fraction of sp³-hybridized carbons (Fsp3) is 0.484. The van der Waals surface area contributed by atoms with E-state index < -0.39 is 18.5 Å². The minimum Gasteiger partial charge on any atom is -0.342 e. The molecule has 8 nitrogen and oxygen atoms in total. The van der Waals surface area contributed by atoms with Gasteiger partial charge in [0.05, 0.1) is 16.7 Å². The highest BCUT2D eigenvalue weighted by Crippen LogP contribution is 2.34. The van der Waals surface area contributed by atoms with Crippen LogP contribution in [-0.2, 0) is 17.8 Å². The number of amides is 1. The van der Waals surface area contributed by atoms with Gasteiger partial charge in [0.1, 0.15) is 12.2 Å². The summed E-state index contributed by atoms with van der Waals surface area (Å²) in [6, 6.07) is 10.4. The van der Waals surface area contributed by atoms with Crippen LogP contribution in [-0.4, -0.2) is 72.8 Å². The Morgan fingerprint density at radius 1 is 1.10 bits per heavy atom. The standard InChI is InChI=1S/C31H36F3N7O/c1-19-30(21(3)41(38-19)18-22-4-5-22)24-6-7-26-27(15-24)37-28(36-26)16-25-14-23(8-9-35-25)20(2)39-10-12-40(13-11-39)29(42)17-31(32,33)34/h6-9,14-15,20,22H,4-5,10-13,16-18H2,1-3H3,(H,36,37). The van der Waals surface area contributed by atoms with Gasteiger partial charge >= 0.3 is 6.18 Å². The maximum Gasteiger partial charge on any atom is 0.397 e. The van der Waals surface area contributed by atoms with Crippen molar-refractivity contribution in [3.8, 4) is 11.1 Å². The fourth-order valence-electron chi connectivity index (χ4n) is 6.02. The third-order valence-electron chi connectivity index (χ3n) is 8.57. The number of aromatic nitrogens is 5. The number of rotatable bonds is 8. The number of aromatic amines is 1. The van der Waals surface area contributed by atoms with Crippen LogP contribution in [0.5, 0.6) is 0 Å². The van der Waals surface area contributed by atoms with Crippen LogP contribution in [0.2, 0.25) is 0 Å². The lowest BCUT2D eigenvalue weighted by atomic mass is 10.0. The highest BCUT2D eigenvalue weighted by molar-refractivity contribution is 5.83. The van der Waals surface area contributed by atoms with Gasteiger partial charge in [0.15, 0.2) is 0 Å². The molecule has 11 heteroatoms. The van der Waals surface area contributed by atoms with Gasteiger partial charge in [-0.3, -0.25) is 19.4 Å². The molecule has 1 unspecified atom stereocenters. The Morgan fingerprint density at radius 2 is 1.86 bits per heavy atom. The number of hydrogen-bond acceptors (Lipinski definition) is 5. The van der Waals surface area contributed by atoms with Crippen molar-refractivity contribution in [3.63, 3.8) is 0 Å². The summed E-state index contributed by atoms with van der Waals surface area (Å²) in [7, 11) is 0. The number of piperazine rings is 1. The molecule has 0 radical (unpaired) electrons. The number of aryl methyl sites for hydroxylation is 1. The van der Waals surface area contributed by atoms with Gasteiger partial charge in [0.25, 0.3) is 0 Å². The van der Waals surface area contributed by atoms with Crippen LogP contribution in [0.15, 0.2) is 36.5 Å². The highest BCUT2D eigenvalue weighted by atomic mass is 19.4. The summed E-state index contributed by atoms with van der Waals surface area (Å²) in [4.78, 5) is 28.3. The zero-order chi connectivity index (χ0) is 29.6. The number of imidazole rings is 1. The number of carbonyl (C=O) groups excluding carboxylic acids is 1. The van der Waals surface area contributed by atoms with Crippen LogP contribution < -0.4 is 0 Å². The number of halogens is 3. The second kappa shape index (κ2) is 11.2. The van der Waals surface area contributed by atoms with Crippen LogP contribution in [0.1, 0.15) is 60.7 Å². The van der Waals surface area contributed by atoms with Crippen LogP contribution in [0.4, 0.5) is 13.2 Å². The summed E-state index contributed by atoms with van der Waals surface area (Å²) >= 11 is 0. The molecule has 2 aliphatic rings. The van der Waals surface area contributed by atoms with Gasteiger partial charge in [-0.25, -0.2) is 4.98 Å². The molecule has 6 rings (SSSR count). The Morgan fingerprint density at radius 3 is 2.57 bits per heavy atom. The van der Waals surface area contributed by atoms with Crippen molar-refractivity contribution >= 4 is 16.9 Å². The predicted octanol–water partition coefficient (Wildman–Crippen LogP) is 5.60. The van der Waals surface area contributed by atoms with Crippen molar-refractivity contribution < 1.29 is 18.0 Å². The van der Waals surface area contributed by atoms with E-state index in [9.17, 15) is 18.0 Å². The van der Waals surface area contributed by atoms with Crippen molar-refractivity contribution in [3.05, 3.63) is 65.0 Å². The monoisotopic (exact) mass is 579 g/mol. The molecule has 42 heavy (non-hydrogen) atoms. The van der Waals surface area contributed by atoms with Crippen LogP contribution in [0.3, 0.4) is 0 Å². The van der Waals surface area contributed by atoms with Crippen molar-refractivity contribution in [1.82, 2.24) is 34.5 Å². The molecule has 1 saturated heterocycles. The number of pyridine rings is 1. The number of alkyl halides is 3. The summed E-state index contributed by atoms with van der Waals surface area (Å²) < 4.78 is 40.0. The number of fused-ring (bicyclic) bond motifs is 1. The molecule has 3 aromatic heterocycles. The van der Waals surface area contributed by atoms with Gasteiger partial charge < -0.3 is 9.88 Å². The Balaban J connectivity index is 1.12. The van der Waals surface area contributed by atoms with Gasteiger partial charge in [-0.15, -0.1) is 0 Å². The second-order valence-electron chi connectivity index (χ2n) is 11.7. The third kappa shape index (κ3) is 6.21. The van der Waals surface area contributed by atoms with E-state index in [0.29, 0.717) is 32.6 Å². The average molecular weight is 580 g/mol. The first kappa shape index (κ1) is 28.4. The lowest BCUT2D eigenvalue weighted by Crippen LogP contribution is -2.50. The zero-order valence-corrected chi connectivity index (χ0v) is 24.2. The molecule has 1 saturated carbocycles. The predicted molar refractivity (Wildman–Crippen MR) is 154 cm³/mol. The second-order valence-corrected chi connectivity index (χ2v) is 11.7. The summed E-state index contributed by atoms with van der Waals surface area (Å²) in [5.41, 5.74) is 8.37. The minimum atomic E-state index is -4.48. The van der Waals surface area contributed by atoms with Crippen molar-refractivity contribution in [2.45, 2.75) is 65.2 Å². The van der Waals surface area contributed by atoms with Crippen molar-refractivity contribution in [1.29, 1.82) is 0 Å². The van der Waals surface area contributed by atoms with Crippen molar-refractivity contribution in [2.24, 2.45) is 5.92 Å². The molecule has 1 amide bonds. The van der Waals surface area contributed by atoms with E-state index in [1.165, 1.54) is 29.0 Å². The first-order valence-electron chi connectivity index (χ1n) is 14.6. The topological polar surface area (TPSA) is 82.9 Å². The third-order valence-corrected chi connectivity index (χ3v) is 8.57. The minimum absolute atomic E-state index is 0.0390. The van der Waals surface area contributed by atoms with E-state index in [2.05, 4.69) is 58.5 Å². The molecule has 4 aromatic rings. The lowest BCUT2D eigenvalue weighted by Gasteiger charge is -2.38. The molecule has 1 N–H and O–H groups in total. The van der Waals surface area contributed by atoms with Gasteiger partial charge in [0.2, 0.25) is 5.91 Å². The molecule has 222 valence electrons. The molecule has 0 spiro atoms. The first-order valence-corrected chi connectivity index (χ1v) is 14.6. The maximum atomic E-state index is 12.6. The van der Waals surface area contributed by atoms with E-state index in [1.807, 2.05) is 12.1 Å². The molecule has 1 aliphatic heterocycles. The number of benzene rings is 1. The van der Waals surface area contributed by atoms with E-state index >= 15 is 0 Å². The molecule has 4 heterocycles. The average Bonchev–Trinajstić information content (AvgIpc) is 3.61. The van der Waals surface area contributed by atoms with E-state index in [0.717, 1.165) is 51.8 Å². The normalized spacial score (nSPS) is 17.2. The van der Waals surface area contributed by atoms with Gasteiger partial charge in [0, 0.05) is 68.3 Å². The molecular formula is C31H36F3N7O. The quantitative estimate of drug-likeness (QED) is 0.294. The SMILES string of the molecule is Cc1nn(CC2CC2)c(C)c1-c1ccc2nc(Cc3cc(C(C)N4CCN(C(=O)CC(F)(F)F)CC4)ccn3)[nH]c2c1. The van der Waals surface area contributed by atoms with Gasteiger partial charge in [-0.05, 0) is 74.9 Å². The maximum absolute atomic E-state index is 12.6. The number of hydrogen-bond donors (Lipinski definition) is 1. The molecule has 1 aliphatic carbocycles. The Labute approximate surface area is 242 Å².